The van der Waals surface area contributed by atoms with E-state index < -0.39 is 0 Å². The molecule has 0 radical (unpaired) electrons. The van der Waals surface area contributed by atoms with Crippen LogP contribution < -0.4 is 14.8 Å². The number of carbonyl (C=O) groups is 1. The Morgan fingerprint density at radius 2 is 1.83 bits per heavy atom. The first-order valence-electron chi connectivity index (χ1n) is 8.16. The molecule has 1 aromatic rings. The normalized spacial score (nSPS) is 21.8. The van der Waals surface area contributed by atoms with Gasteiger partial charge < -0.3 is 19.7 Å². The quantitative estimate of drug-likeness (QED) is 0.852. The number of likely N-dealkylation sites (tertiary alicyclic amines) is 1. The Kier molecular flexibility index (Phi) is 4.69. The van der Waals surface area contributed by atoms with Crippen LogP contribution in [0.1, 0.15) is 29.6 Å². The zero-order valence-electron chi connectivity index (χ0n) is 13.2. The SMILES string of the molecule is Cl.O=C(c1ccc2c(c1)OCCO2)N1CCC2(CCNC2)CC1. The molecule has 1 spiro atoms. The van der Waals surface area contributed by atoms with Crippen LogP contribution in [0.15, 0.2) is 18.2 Å². The number of hydrogen-bond donors (Lipinski definition) is 1. The molecule has 0 saturated carbocycles. The number of hydrogen-bond acceptors (Lipinski definition) is 4. The monoisotopic (exact) mass is 338 g/mol. The highest BCUT2D eigenvalue weighted by molar-refractivity contribution is 5.95. The van der Waals surface area contributed by atoms with E-state index in [0.29, 0.717) is 29.9 Å². The molecule has 1 aromatic carbocycles. The first-order valence-corrected chi connectivity index (χ1v) is 8.16. The van der Waals surface area contributed by atoms with E-state index in [1.54, 1.807) is 0 Å². The lowest BCUT2D eigenvalue weighted by Crippen LogP contribution is -2.44. The van der Waals surface area contributed by atoms with Gasteiger partial charge in [0.2, 0.25) is 0 Å². The summed E-state index contributed by atoms with van der Waals surface area (Å²) in [5, 5.41) is 3.46. The largest absolute Gasteiger partial charge is 0.486 e. The molecule has 3 aliphatic rings. The van der Waals surface area contributed by atoms with Crippen LogP contribution in [0.4, 0.5) is 0 Å². The summed E-state index contributed by atoms with van der Waals surface area (Å²) in [6.45, 7) is 5.06. The number of fused-ring (bicyclic) bond motifs is 1. The fourth-order valence-electron chi connectivity index (χ4n) is 3.77. The molecule has 4 rings (SSSR count). The zero-order valence-corrected chi connectivity index (χ0v) is 14.0. The minimum Gasteiger partial charge on any atom is -0.486 e. The van der Waals surface area contributed by atoms with Crippen LogP contribution in [0.25, 0.3) is 0 Å². The summed E-state index contributed by atoms with van der Waals surface area (Å²) in [6.07, 6.45) is 3.46. The highest BCUT2D eigenvalue weighted by atomic mass is 35.5. The first-order chi connectivity index (χ1) is 10.8. The van der Waals surface area contributed by atoms with Gasteiger partial charge in [-0.15, -0.1) is 12.4 Å². The van der Waals surface area contributed by atoms with Crippen molar-refractivity contribution in [3.05, 3.63) is 23.8 Å². The lowest BCUT2D eigenvalue weighted by atomic mass is 9.78. The predicted octanol–water partition coefficient (Wildman–Crippen LogP) is 2.10. The maximum atomic E-state index is 12.7. The fourth-order valence-corrected chi connectivity index (χ4v) is 3.77. The summed E-state index contributed by atoms with van der Waals surface area (Å²) in [4.78, 5) is 14.7. The van der Waals surface area contributed by atoms with Crippen molar-refractivity contribution >= 4 is 18.3 Å². The molecule has 6 heteroatoms. The van der Waals surface area contributed by atoms with Gasteiger partial charge >= 0.3 is 0 Å². The minimum absolute atomic E-state index is 0. The number of nitrogens with zero attached hydrogens (tertiary/aromatic N) is 1. The van der Waals surface area contributed by atoms with E-state index in [1.165, 1.54) is 6.42 Å². The molecule has 2 fully saturated rings. The molecule has 3 aliphatic heterocycles. The molecule has 3 heterocycles. The Balaban J connectivity index is 0.00000156. The van der Waals surface area contributed by atoms with E-state index in [9.17, 15) is 4.79 Å². The van der Waals surface area contributed by atoms with Crippen molar-refractivity contribution in [2.24, 2.45) is 5.41 Å². The number of rotatable bonds is 1. The fraction of sp³-hybridized carbons (Fsp3) is 0.588. The summed E-state index contributed by atoms with van der Waals surface area (Å²) in [7, 11) is 0. The van der Waals surface area contributed by atoms with Gasteiger partial charge in [0.05, 0.1) is 0 Å². The van der Waals surface area contributed by atoms with Crippen molar-refractivity contribution < 1.29 is 14.3 Å². The van der Waals surface area contributed by atoms with Crippen LogP contribution in [0.3, 0.4) is 0 Å². The highest BCUT2D eigenvalue weighted by Crippen LogP contribution is 2.37. The Bertz CT molecular complexity index is 577. The molecule has 23 heavy (non-hydrogen) atoms. The van der Waals surface area contributed by atoms with E-state index in [4.69, 9.17) is 9.47 Å². The molecule has 0 aliphatic carbocycles. The lowest BCUT2D eigenvalue weighted by Gasteiger charge is -2.39. The van der Waals surface area contributed by atoms with Crippen LogP contribution in [0.5, 0.6) is 11.5 Å². The summed E-state index contributed by atoms with van der Waals surface area (Å²) in [5.41, 5.74) is 1.13. The number of ether oxygens (including phenoxy) is 2. The molecule has 0 atom stereocenters. The first kappa shape index (κ1) is 16.4. The van der Waals surface area contributed by atoms with Gasteiger partial charge in [0, 0.05) is 25.2 Å². The average molecular weight is 339 g/mol. The summed E-state index contributed by atoms with van der Waals surface area (Å²) in [5.74, 6) is 1.53. The van der Waals surface area contributed by atoms with Crippen molar-refractivity contribution in [1.29, 1.82) is 0 Å². The van der Waals surface area contributed by atoms with Gasteiger partial charge in [-0.3, -0.25) is 4.79 Å². The van der Waals surface area contributed by atoms with Crippen LogP contribution in [0, 0.1) is 5.41 Å². The third-order valence-corrected chi connectivity index (χ3v) is 5.23. The molecular weight excluding hydrogens is 316 g/mol. The maximum absolute atomic E-state index is 12.7. The molecule has 0 aromatic heterocycles. The van der Waals surface area contributed by atoms with Crippen molar-refractivity contribution in [2.75, 3.05) is 39.4 Å². The molecule has 1 amide bonds. The van der Waals surface area contributed by atoms with Crippen LogP contribution >= 0.6 is 12.4 Å². The Morgan fingerprint density at radius 1 is 1.09 bits per heavy atom. The van der Waals surface area contributed by atoms with Crippen LogP contribution in [-0.2, 0) is 0 Å². The van der Waals surface area contributed by atoms with Gasteiger partial charge in [0.1, 0.15) is 13.2 Å². The second-order valence-electron chi connectivity index (χ2n) is 6.58. The molecule has 1 N–H and O–H groups in total. The van der Waals surface area contributed by atoms with E-state index in [2.05, 4.69) is 5.32 Å². The van der Waals surface area contributed by atoms with Gasteiger partial charge in [-0.2, -0.15) is 0 Å². The van der Waals surface area contributed by atoms with Gasteiger partial charge in [-0.1, -0.05) is 0 Å². The van der Waals surface area contributed by atoms with Gasteiger partial charge in [0.25, 0.3) is 5.91 Å². The van der Waals surface area contributed by atoms with Gasteiger partial charge in [-0.05, 0) is 49.4 Å². The third kappa shape index (κ3) is 3.12. The number of nitrogens with one attached hydrogen (secondary N) is 1. The Morgan fingerprint density at radius 3 is 2.52 bits per heavy atom. The van der Waals surface area contributed by atoms with E-state index in [0.717, 1.165) is 44.8 Å². The van der Waals surface area contributed by atoms with E-state index in [1.807, 2.05) is 23.1 Å². The third-order valence-electron chi connectivity index (χ3n) is 5.23. The minimum atomic E-state index is 0. The second kappa shape index (κ2) is 6.57. The van der Waals surface area contributed by atoms with Gasteiger partial charge in [-0.25, -0.2) is 0 Å². The molecule has 126 valence electrons. The van der Waals surface area contributed by atoms with Crippen LogP contribution in [0.2, 0.25) is 0 Å². The number of amides is 1. The topological polar surface area (TPSA) is 50.8 Å². The Labute approximate surface area is 142 Å². The standard InChI is InChI=1S/C17H22N2O3.ClH/c20-16(13-1-2-14-15(11-13)22-10-9-21-14)19-7-4-17(5-8-19)3-6-18-12-17;/h1-2,11,18H,3-10,12H2;1H. The van der Waals surface area contributed by atoms with Crippen LogP contribution in [-0.4, -0.2) is 50.2 Å². The molecule has 5 nitrogen and oxygen atoms in total. The summed E-state index contributed by atoms with van der Waals surface area (Å²) >= 11 is 0. The summed E-state index contributed by atoms with van der Waals surface area (Å²) < 4.78 is 11.1. The molecular formula is C17H23ClN2O3. The van der Waals surface area contributed by atoms with Gasteiger partial charge in [0.15, 0.2) is 11.5 Å². The highest BCUT2D eigenvalue weighted by Gasteiger charge is 2.38. The smallest absolute Gasteiger partial charge is 0.253 e. The number of piperidine rings is 1. The Hall–Kier alpha value is -1.46. The van der Waals surface area contributed by atoms with Crippen molar-refractivity contribution in [1.82, 2.24) is 10.2 Å². The molecule has 2 saturated heterocycles. The van der Waals surface area contributed by atoms with Crippen molar-refractivity contribution in [3.63, 3.8) is 0 Å². The van der Waals surface area contributed by atoms with Crippen molar-refractivity contribution in [3.8, 4) is 11.5 Å². The molecule has 0 bridgehead atoms. The number of carbonyl (C=O) groups excluding carboxylic acids is 1. The lowest BCUT2D eigenvalue weighted by molar-refractivity contribution is 0.0606. The number of halogens is 1. The van der Waals surface area contributed by atoms with Crippen molar-refractivity contribution in [2.45, 2.75) is 19.3 Å². The zero-order chi connectivity index (χ0) is 15.0. The number of benzene rings is 1. The molecule has 0 unspecified atom stereocenters. The average Bonchev–Trinajstić information content (AvgIpc) is 3.02. The maximum Gasteiger partial charge on any atom is 0.253 e. The predicted molar refractivity (Wildman–Crippen MR) is 89.7 cm³/mol. The second-order valence-corrected chi connectivity index (χ2v) is 6.58. The van der Waals surface area contributed by atoms with E-state index in [-0.39, 0.29) is 18.3 Å². The summed E-state index contributed by atoms with van der Waals surface area (Å²) in [6, 6.07) is 5.50. The van der Waals surface area contributed by atoms with E-state index >= 15 is 0 Å².